The molecular formula is C20H26N8O3S. The van der Waals surface area contributed by atoms with Crippen molar-refractivity contribution in [1.29, 1.82) is 0 Å². The maximum atomic E-state index is 11.7. The zero-order chi connectivity index (χ0) is 22.3. The van der Waals surface area contributed by atoms with Crippen molar-refractivity contribution in [2.24, 2.45) is 5.16 Å². The Morgan fingerprint density at radius 2 is 1.94 bits per heavy atom. The van der Waals surface area contributed by atoms with Crippen LogP contribution in [0.2, 0.25) is 0 Å². The first-order valence-corrected chi connectivity index (χ1v) is 11.4. The summed E-state index contributed by atoms with van der Waals surface area (Å²) in [4.78, 5) is 39.2. The minimum atomic E-state index is -0.186. The third-order valence-corrected chi connectivity index (χ3v) is 5.84. The fourth-order valence-electron chi connectivity index (χ4n) is 3.53. The number of anilines is 1. The molecule has 1 fully saturated rings. The van der Waals surface area contributed by atoms with Gasteiger partial charge < -0.3 is 19.0 Å². The summed E-state index contributed by atoms with van der Waals surface area (Å²) < 4.78 is 6.98. The smallest absolute Gasteiger partial charge is 0.320 e. The van der Waals surface area contributed by atoms with E-state index >= 15 is 0 Å². The van der Waals surface area contributed by atoms with Gasteiger partial charge in [-0.3, -0.25) is 9.69 Å². The molecule has 0 bridgehead atoms. The Labute approximate surface area is 189 Å². The normalized spacial score (nSPS) is 15.3. The van der Waals surface area contributed by atoms with Gasteiger partial charge in [0, 0.05) is 37.8 Å². The average molecular weight is 459 g/mol. The van der Waals surface area contributed by atoms with Gasteiger partial charge in [0.15, 0.2) is 17.0 Å². The SMILES string of the molecule is CCO/N=C(/Cn1cnc2c(N3CCN(CC(=O)OCC)CC3)ncnc21)c1nccs1. The van der Waals surface area contributed by atoms with Crippen molar-refractivity contribution in [1.82, 2.24) is 29.4 Å². The number of carbonyl (C=O) groups is 1. The predicted octanol–water partition coefficient (Wildman–Crippen LogP) is 1.41. The largest absolute Gasteiger partial charge is 0.465 e. The van der Waals surface area contributed by atoms with Crippen LogP contribution in [0.1, 0.15) is 18.9 Å². The van der Waals surface area contributed by atoms with Crippen molar-refractivity contribution in [3.8, 4) is 0 Å². The molecule has 3 aromatic heterocycles. The first kappa shape index (κ1) is 22.1. The van der Waals surface area contributed by atoms with E-state index in [9.17, 15) is 4.79 Å². The molecule has 4 rings (SSSR count). The Morgan fingerprint density at radius 1 is 1.09 bits per heavy atom. The first-order chi connectivity index (χ1) is 15.7. The average Bonchev–Trinajstić information content (AvgIpc) is 3.48. The number of fused-ring (bicyclic) bond motifs is 1. The van der Waals surface area contributed by atoms with E-state index in [-0.39, 0.29) is 5.97 Å². The Kier molecular flexibility index (Phi) is 7.22. The number of carbonyl (C=O) groups excluding carboxylic acids is 1. The molecule has 1 saturated heterocycles. The third kappa shape index (κ3) is 5.02. The fraction of sp³-hybridized carbons (Fsp3) is 0.500. The van der Waals surface area contributed by atoms with Crippen LogP contribution in [0.25, 0.3) is 11.2 Å². The van der Waals surface area contributed by atoms with Gasteiger partial charge in [-0.25, -0.2) is 19.9 Å². The van der Waals surface area contributed by atoms with Gasteiger partial charge in [0.2, 0.25) is 0 Å². The van der Waals surface area contributed by atoms with Crippen molar-refractivity contribution in [3.63, 3.8) is 0 Å². The summed E-state index contributed by atoms with van der Waals surface area (Å²) >= 11 is 1.51. The number of thiazole rings is 1. The lowest BCUT2D eigenvalue weighted by Crippen LogP contribution is -2.48. The number of imidazole rings is 1. The van der Waals surface area contributed by atoms with E-state index in [0.717, 1.165) is 48.2 Å². The number of rotatable bonds is 9. The van der Waals surface area contributed by atoms with Crippen molar-refractivity contribution < 1.29 is 14.4 Å². The molecule has 0 N–H and O–H groups in total. The van der Waals surface area contributed by atoms with Gasteiger partial charge >= 0.3 is 5.97 Å². The van der Waals surface area contributed by atoms with Gasteiger partial charge in [0.1, 0.15) is 23.7 Å². The topological polar surface area (TPSA) is 111 Å². The standard InChI is InChI=1S/C20H26N8O3S/c1-3-30-16(29)12-26-6-8-27(9-7-26)18-17-19(23-13-22-18)28(14-24-17)11-15(25-31-4-2)20-21-5-10-32-20/h5,10,13-14H,3-4,6-9,11-12H2,1-2H3/b25-15-. The van der Waals surface area contributed by atoms with Crippen LogP contribution in [0.4, 0.5) is 5.82 Å². The summed E-state index contributed by atoms with van der Waals surface area (Å²) in [6, 6.07) is 0. The zero-order valence-corrected chi connectivity index (χ0v) is 19.0. The van der Waals surface area contributed by atoms with E-state index in [1.165, 1.54) is 11.3 Å². The number of aromatic nitrogens is 5. The van der Waals surface area contributed by atoms with Crippen molar-refractivity contribution in [2.45, 2.75) is 20.4 Å². The highest BCUT2D eigenvalue weighted by molar-refractivity contribution is 7.11. The second-order valence-electron chi connectivity index (χ2n) is 7.10. The van der Waals surface area contributed by atoms with Gasteiger partial charge in [-0.1, -0.05) is 5.16 Å². The monoisotopic (exact) mass is 458 g/mol. The van der Waals surface area contributed by atoms with Gasteiger partial charge in [0.25, 0.3) is 0 Å². The predicted molar refractivity (Wildman–Crippen MR) is 121 cm³/mol. The molecule has 4 heterocycles. The van der Waals surface area contributed by atoms with Crippen molar-refractivity contribution in [3.05, 3.63) is 29.2 Å². The first-order valence-electron chi connectivity index (χ1n) is 10.6. The van der Waals surface area contributed by atoms with Crippen LogP contribution in [0.5, 0.6) is 0 Å². The van der Waals surface area contributed by atoms with E-state index in [2.05, 4.69) is 34.9 Å². The van der Waals surface area contributed by atoms with Crippen molar-refractivity contribution >= 4 is 40.0 Å². The van der Waals surface area contributed by atoms with Gasteiger partial charge in [-0.15, -0.1) is 11.3 Å². The molecule has 170 valence electrons. The maximum Gasteiger partial charge on any atom is 0.320 e. The number of nitrogens with zero attached hydrogens (tertiary/aromatic N) is 8. The summed E-state index contributed by atoms with van der Waals surface area (Å²) in [5.41, 5.74) is 2.18. The molecule has 0 aliphatic carbocycles. The number of piperazine rings is 1. The molecule has 0 amide bonds. The van der Waals surface area contributed by atoms with Crippen LogP contribution in [0, 0.1) is 0 Å². The van der Waals surface area contributed by atoms with E-state index < -0.39 is 0 Å². The molecule has 0 radical (unpaired) electrons. The van der Waals surface area contributed by atoms with Crippen LogP contribution in [-0.2, 0) is 20.9 Å². The van der Waals surface area contributed by atoms with Crippen LogP contribution >= 0.6 is 11.3 Å². The van der Waals surface area contributed by atoms with Gasteiger partial charge in [-0.2, -0.15) is 0 Å². The summed E-state index contributed by atoms with van der Waals surface area (Å²) in [6.45, 7) is 8.33. The summed E-state index contributed by atoms with van der Waals surface area (Å²) in [5, 5.41) is 6.95. The molecular weight excluding hydrogens is 432 g/mol. The van der Waals surface area contributed by atoms with Gasteiger partial charge in [-0.05, 0) is 13.8 Å². The molecule has 0 unspecified atom stereocenters. The number of esters is 1. The summed E-state index contributed by atoms with van der Waals surface area (Å²) in [6.07, 6.45) is 5.05. The van der Waals surface area contributed by atoms with Crippen LogP contribution in [0.3, 0.4) is 0 Å². The summed E-state index contributed by atoms with van der Waals surface area (Å²) in [7, 11) is 0. The van der Waals surface area contributed by atoms with Crippen LogP contribution < -0.4 is 4.90 Å². The molecule has 0 spiro atoms. The zero-order valence-electron chi connectivity index (χ0n) is 18.2. The molecule has 1 aliphatic rings. The fourth-order valence-corrected chi connectivity index (χ4v) is 4.14. The Balaban J connectivity index is 1.50. The van der Waals surface area contributed by atoms with E-state index in [1.807, 2.05) is 23.8 Å². The summed E-state index contributed by atoms with van der Waals surface area (Å²) in [5.74, 6) is 0.607. The Bertz CT molecular complexity index is 1060. The molecule has 0 saturated carbocycles. The highest BCUT2D eigenvalue weighted by atomic mass is 32.1. The lowest BCUT2D eigenvalue weighted by atomic mass is 10.3. The minimum Gasteiger partial charge on any atom is -0.465 e. The van der Waals surface area contributed by atoms with E-state index in [4.69, 9.17) is 9.57 Å². The molecule has 12 heteroatoms. The molecule has 0 atom stereocenters. The third-order valence-electron chi connectivity index (χ3n) is 5.01. The van der Waals surface area contributed by atoms with Crippen LogP contribution in [-0.4, -0.2) is 87.0 Å². The second kappa shape index (κ2) is 10.5. The van der Waals surface area contributed by atoms with Crippen molar-refractivity contribution in [2.75, 3.05) is 50.8 Å². The Morgan fingerprint density at radius 3 is 2.66 bits per heavy atom. The van der Waals surface area contributed by atoms with Gasteiger partial charge in [0.05, 0.1) is 26.0 Å². The lowest BCUT2D eigenvalue weighted by molar-refractivity contribution is -0.144. The number of hydrogen-bond donors (Lipinski definition) is 0. The highest BCUT2D eigenvalue weighted by Crippen LogP contribution is 2.23. The Hall–Kier alpha value is -3.12. The molecule has 1 aliphatic heterocycles. The quantitative estimate of drug-likeness (QED) is 0.267. The number of oxime groups is 1. The maximum absolute atomic E-state index is 11.7. The minimum absolute atomic E-state index is 0.186. The molecule has 11 nitrogen and oxygen atoms in total. The lowest BCUT2D eigenvalue weighted by Gasteiger charge is -2.34. The number of hydrogen-bond acceptors (Lipinski definition) is 11. The van der Waals surface area contributed by atoms with E-state index in [0.29, 0.717) is 32.0 Å². The number of ether oxygens (including phenoxy) is 1. The molecule has 3 aromatic rings. The molecule has 32 heavy (non-hydrogen) atoms. The van der Waals surface area contributed by atoms with E-state index in [1.54, 1.807) is 18.9 Å². The second-order valence-corrected chi connectivity index (χ2v) is 8.00. The molecule has 0 aromatic carbocycles. The van der Waals surface area contributed by atoms with Crippen LogP contribution in [0.15, 0.2) is 29.4 Å². The highest BCUT2D eigenvalue weighted by Gasteiger charge is 2.23.